The summed E-state index contributed by atoms with van der Waals surface area (Å²) in [7, 11) is 0. The molecule has 1 saturated heterocycles. The second-order valence-corrected chi connectivity index (χ2v) is 4.07. The van der Waals surface area contributed by atoms with E-state index in [1.807, 2.05) is 0 Å². The Morgan fingerprint density at radius 3 is 2.88 bits per heavy atom. The highest BCUT2D eigenvalue weighted by Gasteiger charge is 2.36. The largest absolute Gasteiger partial charge is 0.480 e. The van der Waals surface area contributed by atoms with Crippen molar-refractivity contribution in [2.24, 2.45) is 0 Å². The molecule has 0 aromatic heterocycles. The molecule has 4 nitrogen and oxygen atoms in total. The van der Waals surface area contributed by atoms with Crippen molar-refractivity contribution in [1.29, 1.82) is 0 Å². The highest BCUT2D eigenvalue weighted by Crippen LogP contribution is 2.28. The molecule has 1 amide bonds. The van der Waals surface area contributed by atoms with Crippen LogP contribution in [0.4, 0.5) is 5.69 Å². The van der Waals surface area contributed by atoms with Gasteiger partial charge in [-0.3, -0.25) is 9.69 Å². The minimum Gasteiger partial charge on any atom is -0.480 e. The van der Waals surface area contributed by atoms with Crippen LogP contribution in [0, 0.1) is 0 Å². The molecule has 0 spiro atoms. The standard InChI is InChI=1S/C11H10ClNO3/c12-7-2-1-3-8(6-7)13-9(11(15)16)4-5-10(13)14/h1-3,6,9H,4-5H2,(H,15,16). The van der Waals surface area contributed by atoms with E-state index >= 15 is 0 Å². The maximum absolute atomic E-state index is 11.6. The number of carboxylic acids is 1. The molecule has 0 aliphatic carbocycles. The Balaban J connectivity index is 2.37. The molecule has 0 radical (unpaired) electrons. The number of benzene rings is 1. The number of carbonyl (C=O) groups excluding carboxylic acids is 1. The minimum atomic E-state index is -0.981. The molecule has 5 heteroatoms. The molecule has 1 aliphatic rings. The summed E-state index contributed by atoms with van der Waals surface area (Å²) in [4.78, 5) is 23.9. The van der Waals surface area contributed by atoms with Crippen LogP contribution in [0.25, 0.3) is 0 Å². The Labute approximate surface area is 97.4 Å². The molecule has 2 rings (SSSR count). The third-order valence-electron chi connectivity index (χ3n) is 2.58. The van der Waals surface area contributed by atoms with Crippen LogP contribution in [0.1, 0.15) is 12.8 Å². The number of halogens is 1. The third kappa shape index (κ3) is 1.88. The number of anilines is 1. The lowest BCUT2D eigenvalue weighted by molar-refractivity contribution is -0.138. The predicted octanol–water partition coefficient (Wildman–Crippen LogP) is 1.92. The van der Waals surface area contributed by atoms with Gasteiger partial charge >= 0.3 is 5.97 Å². The number of hydrogen-bond acceptors (Lipinski definition) is 2. The molecular formula is C11H10ClNO3. The van der Waals surface area contributed by atoms with E-state index in [-0.39, 0.29) is 12.3 Å². The van der Waals surface area contributed by atoms with E-state index in [4.69, 9.17) is 16.7 Å². The van der Waals surface area contributed by atoms with E-state index in [0.29, 0.717) is 17.1 Å². The Morgan fingerprint density at radius 1 is 1.50 bits per heavy atom. The number of amides is 1. The van der Waals surface area contributed by atoms with Crippen molar-refractivity contribution < 1.29 is 14.7 Å². The highest BCUT2D eigenvalue weighted by molar-refractivity contribution is 6.31. The van der Waals surface area contributed by atoms with Crippen molar-refractivity contribution in [1.82, 2.24) is 0 Å². The summed E-state index contributed by atoms with van der Waals surface area (Å²) < 4.78 is 0. The second kappa shape index (κ2) is 4.14. The number of aliphatic carboxylic acids is 1. The predicted molar refractivity (Wildman–Crippen MR) is 59.6 cm³/mol. The van der Waals surface area contributed by atoms with Crippen molar-refractivity contribution in [3.05, 3.63) is 29.3 Å². The Hall–Kier alpha value is -1.55. The molecule has 1 fully saturated rings. The van der Waals surface area contributed by atoms with E-state index in [2.05, 4.69) is 0 Å². The Morgan fingerprint density at radius 2 is 2.25 bits per heavy atom. The molecule has 84 valence electrons. The lowest BCUT2D eigenvalue weighted by atomic mass is 10.2. The van der Waals surface area contributed by atoms with Gasteiger partial charge in [0.1, 0.15) is 6.04 Å². The third-order valence-corrected chi connectivity index (χ3v) is 2.82. The zero-order valence-electron chi connectivity index (χ0n) is 8.39. The van der Waals surface area contributed by atoms with Crippen LogP contribution < -0.4 is 4.90 Å². The first-order valence-corrected chi connectivity index (χ1v) is 5.28. The van der Waals surface area contributed by atoms with E-state index in [9.17, 15) is 9.59 Å². The van der Waals surface area contributed by atoms with Gasteiger partial charge in [0.15, 0.2) is 0 Å². The highest BCUT2D eigenvalue weighted by atomic mass is 35.5. The summed E-state index contributed by atoms with van der Waals surface area (Å²) in [5, 5.41) is 9.49. The second-order valence-electron chi connectivity index (χ2n) is 3.64. The SMILES string of the molecule is O=C(O)C1CCC(=O)N1c1cccc(Cl)c1. The number of carboxylic acid groups (broad SMARTS) is 1. The van der Waals surface area contributed by atoms with Crippen molar-refractivity contribution in [2.45, 2.75) is 18.9 Å². The lowest BCUT2D eigenvalue weighted by Gasteiger charge is -2.21. The van der Waals surface area contributed by atoms with Crippen molar-refractivity contribution in [3.63, 3.8) is 0 Å². The van der Waals surface area contributed by atoms with Gasteiger partial charge in [-0.15, -0.1) is 0 Å². The van der Waals surface area contributed by atoms with Gasteiger partial charge in [0.2, 0.25) is 5.91 Å². The summed E-state index contributed by atoms with van der Waals surface area (Å²) in [6.45, 7) is 0. The van der Waals surface area contributed by atoms with Gasteiger partial charge in [0.25, 0.3) is 0 Å². The quantitative estimate of drug-likeness (QED) is 0.858. The smallest absolute Gasteiger partial charge is 0.326 e. The fraction of sp³-hybridized carbons (Fsp3) is 0.273. The van der Waals surface area contributed by atoms with Crippen LogP contribution in [0.5, 0.6) is 0 Å². The Kier molecular flexibility index (Phi) is 2.83. The van der Waals surface area contributed by atoms with Gasteiger partial charge < -0.3 is 5.11 Å². The van der Waals surface area contributed by atoms with Crippen LogP contribution in [0.3, 0.4) is 0 Å². The zero-order valence-corrected chi connectivity index (χ0v) is 9.15. The van der Waals surface area contributed by atoms with Crippen molar-refractivity contribution in [3.8, 4) is 0 Å². The maximum atomic E-state index is 11.6. The fourth-order valence-electron chi connectivity index (χ4n) is 1.87. The maximum Gasteiger partial charge on any atom is 0.326 e. The average Bonchev–Trinajstić information content (AvgIpc) is 2.60. The molecule has 16 heavy (non-hydrogen) atoms. The van der Waals surface area contributed by atoms with Gasteiger partial charge in [-0.2, -0.15) is 0 Å². The van der Waals surface area contributed by atoms with Gasteiger partial charge in [-0.25, -0.2) is 4.79 Å². The normalized spacial score (nSPS) is 20.2. The Bertz CT molecular complexity index is 447. The zero-order chi connectivity index (χ0) is 11.7. The monoisotopic (exact) mass is 239 g/mol. The molecule has 0 bridgehead atoms. The van der Waals surface area contributed by atoms with Gasteiger partial charge in [0.05, 0.1) is 0 Å². The summed E-state index contributed by atoms with van der Waals surface area (Å²) >= 11 is 5.81. The van der Waals surface area contributed by atoms with E-state index in [0.717, 1.165) is 0 Å². The van der Waals surface area contributed by atoms with E-state index < -0.39 is 12.0 Å². The first-order chi connectivity index (χ1) is 7.59. The number of nitrogens with zero attached hydrogens (tertiary/aromatic N) is 1. The molecule has 1 aromatic carbocycles. The van der Waals surface area contributed by atoms with Gasteiger partial charge in [0, 0.05) is 17.1 Å². The van der Waals surface area contributed by atoms with Gasteiger partial charge in [-0.05, 0) is 24.6 Å². The molecule has 0 saturated carbocycles. The molecule has 1 heterocycles. The van der Waals surface area contributed by atoms with Crippen LogP contribution in [-0.2, 0) is 9.59 Å². The lowest BCUT2D eigenvalue weighted by Crippen LogP contribution is -2.38. The topological polar surface area (TPSA) is 57.6 Å². The molecule has 1 unspecified atom stereocenters. The fourth-order valence-corrected chi connectivity index (χ4v) is 2.05. The summed E-state index contributed by atoms with van der Waals surface area (Å²) in [6.07, 6.45) is 0.615. The van der Waals surface area contributed by atoms with Crippen LogP contribution in [0.2, 0.25) is 5.02 Å². The number of rotatable bonds is 2. The first kappa shape index (κ1) is 11.0. The summed E-state index contributed by atoms with van der Waals surface area (Å²) in [5.74, 6) is -1.15. The van der Waals surface area contributed by atoms with Crippen molar-refractivity contribution >= 4 is 29.2 Å². The van der Waals surface area contributed by atoms with Crippen LogP contribution >= 0.6 is 11.6 Å². The number of hydrogen-bond donors (Lipinski definition) is 1. The summed E-state index contributed by atoms with van der Waals surface area (Å²) in [6, 6.07) is 5.89. The number of carbonyl (C=O) groups is 2. The van der Waals surface area contributed by atoms with Crippen molar-refractivity contribution in [2.75, 3.05) is 4.90 Å². The van der Waals surface area contributed by atoms with Gasteiger partial charge in [-0.1, -0.05) is 17.7 Å². The van der Waals surface area contributed by atoms with Crippen LogP contribution in [0.15, 0.2) is 24.3 Å². The van der Waals surface area contributed by atoms with E-state index in [1.165, 1.54) is 4.90 Å². The summed E-state index contributed by atoms with van der Waals surface area (Å²) in [5.41, 5.74) is 0.544. The average molecular weight is 240 g/mol. The van der Waals surface area contributed by atoms with E-state index in [1.54, 1.807) is 24.3 Å². The molecule has 1 N–H and O–H groups in total. The first-order valence-electron chi connectivity index (χ1n) is 4.90. The molecule has 1 atom stereocenters. The molecule has 1 aromatic rings. The molecule has 1 aliphatic heterocycles. The van der Waals surface area contributed by atoms with Crippen LogP contribution in [-0.4, -0.2) is 23.0 Å². The minimum absolute atomic E-state index is 0.172. The molecular weight excluding hydrogens is 230 g/mol.